The minimum absolute atomic E-state index is 0.302. The first-order valence-corrected chi connectivity index (χ1v) is 4.79. The van der Waals surface area contributed by atoms with E-state index in [1.165, 1.54) is 19.2 Å². The summed E-state index contributed by atoms with van der Waals surface area (Å²) in [6, 6.07) is 2.88. The molecule has 0 heterocycles. The van der Waals surface area contributed by atoms with Crippen LogP contribution in [0.3, 0.4) is 0 Å². The molecule has 0 amide bonds. The van der Waals surface area contributed by atoms with Gasteiger partial charge in [0.25, 0.3) is 0 Å². The number of halogens is 2. The lowest BCUT2D eigenvalue weighted by molar-refractivity contribution is 0.413. The smallest absolute Gasteiger partial charge is 0.137 e. The lowest BCUT2D eigenvalue weighted by Crippen LogP contribution is -2.02. The SMILES string of the molecule is COc1ccc(F)c(CCCN)c1Cl. The van der Waals surface area contributed by atoms with Gasteiger partial charge in [-0.25, -0.2) is 4.39 Å². The molecule has 78 valence electrons. The molecule has 0 saturated carbocycles. The molecule has 1 rings (SSSR count). The van der Waals surface area contributed by atoms with Crippen LogP contribution in [0.2, 0.25) is 5.02 Å². The van der Waals surface area contributed by atoms with Crippen molar-refractivity contribution in [3.63, 3.8) is 0 Å². The largest absolute Gasteiger partial charge is 0.495 e. The van der Waals surface area contributed by atoms with Gasteiger partial charge in [-0.15, -0.1) is 0 Å². The minimum atomic E-state index is -0.302. The fourth-order valence-corrected chi connectivity index (χ4v) is 1.57. The van der Waals surface area contributed by atoms with Crippen LogP contribution in [0.5, 0.6) is 5.75 Å². The van der Waals surface area contributed by atoms with Gasteiger partial charge in [0.2, 0.25) is 0 Å². The molecule has 2 nitrogen and oxygen atoms in total. The Bertz CT molecular complexity index is 317. The topological polar surface area (TPSA) is 35.2 Å². The predicted octanol–water partition coefficient (Wildman–Crippen LogP) is 2.38. The van der Waals surface area contributed by atoms with Gasteiger partial charge in [0, 0.05) is 5.56 Å². The van der Waals surface area contributed by atoms with Crippen LogP contribution in [0.1, 0.15) is 12.0 Å². The van der Waals surface area contributed by atoms with E-state index in [9.17, 15) is 4.39 Å². The van der Waals surface area contributed by atoms with Crippen molar-refractivity contribution < 1.29 is 9.13 Å². The van der Waals surface area contributed by atoms with Crippen LogP contribution in [0.4, 0.5) is 4.39 Å². The first-order valence-electron chi connectivity index (χ1n) is 4.41. The van der Waals surface area contributed by atoms with Gasteiger partial charge >= 0.3 is 0 Å². The van der Waals surface area contributed by atoms with Crippen molar-refractivity contribution in [3.8, 4) is 5.75 Å². The van der Waals surface area contributed by atoms with Crippen molar-refractivity contribution in [2.24, 2.45) is 5.73 Å². The molecule has 0 bridgehead atoms. The summed E-state index contributed by atoms with van der Waals surface area (Å²) in [7, 11) is 1.51. The third-order valence-corrected chi connectivity index (χ3v) is 2.42. The number of rotatable bonds is 4. The molecule has 0 aliphatic heterocycles. The van der Waals surface area contributed by atoms with Crippen LogP contribution in [-0.2, 0) is 6.42 Å². The van der Waals surface area contributed by atoms with Crippen LogP contribution < -0.4 is 10.5 Å². The molecule has 0 aliphatic rings. The van der Waals surface area contributed by atoms with Gasteiger partial charge in [0.1, 0.15) is 11.6 Å². The number of ether oxygens (including phenoxy) is 1. The van der Waals surface area contributed by atoms with Crippen molar-refractivity contribution in [1.29, 1.82) is 0 Å². The number of benzene rings is 1. The van der Waals surface area contributed by atoms with E-state index in [0.717, 1.165) is 0 Å². The molecule has 0 radical (unpaired) electrons. The van der Waals surface area contributed by atoms with Gasteiger partial charge < -0.3 is 10.5 Å². The van der Waals surface area contributed by atoms with Crippen molar-refractivity contribution in [2.75, 3.05) is 13.7 Å². The molecular weight excluding hydrogens is 205 g/mol. The zero-order chi connectivity index (χ0) is 10.6. The Hall–Kier alpha value is -0.800. The van der Waals surface area contributed by atoms with E-state index in [0.29, 0.717) is 35.7 Å². The lowest BCUT2D eigenvalue weighted by atomic mass is 10.1. The van der Waals surface area contributed by atoms with Gasteiger partial charge in [-0.2, -0.15) is 0 Å². The van der Waals surface area contributed by atoms with Gasteiger partial charge in [-0.1, -0.05) is 11.6 Å². The molecule has 2 N–H and O–H groups in total. The van der Waals surface area contributed by atoms with Crippen LogP contribution in [-0.4, -0.2) is 13.7 Å². The fraction of sp³-hybridized carbons (Fsp3) is 0.400. The van der Waals surface area contributed by atoms with Crippen LogP contribution >= 0.6 is 11.6 Å². The first-order chi connectivity index (χ1) is 6.70. The van der Waals surface area contributed by atoms with Crippen LogP contribution in [0.15, 0.2) is 12.1 Å². The Kier molecular flexibility index (Phi) is 4.17. The molecule has 0 atom stereocenters. The molecule has 0 fully saturated rings. The molecule has 1 aromatic carbocycles. The van der Waals surface area contributed by atoms with Crippen molar-refractivity contribution in [3.05, 3.63) is 28.5 Å². The molecule has 14 heavy (non-hydrogen) atoms. The van der Waals surface area contributed by atoms with E-state index >= 15 is 0 Å². The van der Waals surface area contributed by atoms with E-state index in [1.807, 2.05) is 0 Å². The normalized spacial score (nSPS) is 10.3. The molecule has 0 aliphatic carbocycles. The molecule has 0 unspecified atom stereocenters. The Labute approximate surface area is 87.8 Å². The molecule has 0 spiro atoms. The summed E-state index contributed by atoms with van der Waals surface area (Å²) in [6.07, 6.45) is 1.25. The van der Waals surface area contributed by atoms with Crippen molar-refractivity contribution in [1.82, 2.24) is 0 Å². The number of hydrogen-bond donors (Lipinski definition) is 1. The highest BCUT2D eigenvalue weighted by Gasteiger charge is 2.11. The van der Waals surface area contributed by atoms with E-state index < -0.39 is 0 Å². The molecule has 0 saturated heterocycles. The second-order valence-corrected chi connectivity index (χ2v) is 3.31. The first kappa shape index (κ1) is 11.3. The minimum Gasteiger partial charge on any atom is -0.495 e. The summed E-state index contributed by atoms with van der Waals surface area (Å²) in [5.74, 6) is 0.198. The summed E-state index contributed by atoms with van der Waals surface area (Å²) in [4.78, 5) is 0. The fourth-order valence-electron chi connectivity index (χ4n) is 1.24. The van der Waals surface area contributed by atoms with Crippen LogP contribution in [0.25, 0.3) is 0 Å². The summed E-state index contributed by atoms with van der Waals surface area (Å²) in [6.45, 7) is 0.521. The van der Waals surface area contributed by atoms with E-state index in [-0.39, 0.29) is 5.82 Å². The van der Waals surface area contributed by atoms with Gasteiger partial charge in [0.15, 0.2) is 0 Å². The maximum atomic E-state index is 13.3. The summed E-state index contributed by atoms with van der Waals surface area (Å²) >= 11 is 5.94. The molecule has 1 aromatic rings. The zero-order valence-corrected chi connectivity index (χ0v) is 8.77. The summed E-state index contributed by atoms with van der Waals surface area (Å²) in [5, 5.41) is 0.348. The van der Waals surface area contributed by atoms with Crippen LogP contribution in [0, 0.1) is 5.82 Å². The number of hydrogen-bond acceptors (Lipinski definition) is 2. The van der Waals surface area contributed by atoms with Gasteiger partial charge in [-0.3, -0.25) is 0 Å². The van der Waals surface area contributed by atoms with Crippen molar-refractivity contribution in [2.45, 2.75) is 12.8 Å². The second kappa shape index (κ2) is 5.17. The maximum Gasteiger partial charge on any atom is 0.137 e. The highest BCUT2D eigenvalue weighted by Crippen LogP contribution is 2.30. The second-order valence-electron chi connectivity index (χ2n) is 2.93. The Morgan fingerprint density at radius 2 is 2.21 bits per heavy atom. The monoisotopic (exact) mass is 217 g/mol. The van der Waals surface area contributed by atoms with Gasteiger partial charge in [0.05, 0.1) is 12.1 Å². The average molecular weight is 218 g/mol. The number of methoxy groups -OCH3 is 1. The van der Waals surface area contributed by atoms with E-state index in [1.54, 1.807) is 0 Å². The van der Waals surface area contributed by atoms with E-state index in [2.05, 4.69) is 0 Å². The predicted molar refractivity (Wildman–Crippen MR) is 55.3 cm³/mol. The third-order valence-electron chi connectivity index (χ3n) is 2.00. The third kappa shape index (κ3) is 2.36. The Morgan fingerprint density at radius 1 is 1.50 bits per heavy atom. The van der Waals surface area contributed by atoms with E-state index in [4.69, 9.17) is 22.1 Å². The average Bonchev–Trinajstić information content (AvgIpc) is 2.18. The molecule has 0 aromatic heterocycles. The quantitative estimate of drug-likeness (QED) is 0.841. The molecular formula is C10H13ClFNO. The van der Waals surface area contributed by atoms with Gasteiger partial charge in [-0.05, 0) is 31.5 Å². The highest BCUT2D eigenvalue weighted by molar-refractivity contribution is 6.32. The number of nitrogens with two attached hydrogens (primary N) is 1. The Balaban J connectivity index is 2.99. The highest BCUT2D eigenvalue weighted by atomic mass is 35.5. The molecule has 4 heteroatoms. The zero-order valence-electron chi connectivity index (χ0n) is 8.02. The maximum absolute atomic E-state index is 13.3. The summed E-state index contributed by atoms with van der Waals surface area (Å²) < 4.78 is 18.3. The summed E-state index contributed by atoms with van der Waals surface area (Å²) in [5.41, 5.74) is 5.83. The lowest BCUT2D eigenvalue weighted by Gasteiger charge is -2.09. The standard InChI is InChI=1S/C10H13ClFNO/c1-14-9-5-4-8(12)7(10(9)11)3-2-6-13/h4-5H,2-3,6,13H2,1H3. The van der Waals surface area contributed by atoms with Crippen molar-refractivity contribution >= 4 is 11.6 Å². The Morgan fingerprint density at radius 3 is 2.79 bits per heavy atom.